The van der Waals surface area contributed by atoms with Gasteiger partial charge in [-0.15, -0.1) is 0 Å². The lowest BCUT2D eigenvalue weighted by Crippen LogP contribution is -2.01. The number of ether oxygens (including phenoxy) is 1. The van der Waals surface area contributed by atoms with E-state index in [0.29, 0.717) is 12.3 Å². The minimum absolute atomic E-state index is 0.0388. The van der Waals surface area contributed by atoms with E-state index in [1.54, 1.807) is 12.1 Å². The quantitative estimate of drug-likeness (QED) is 0.127. The van der Waals surface area contributed by atoms with Crippen LogP contribution in [0, 0.1) is 10.1 Å². The highest BCUT2D eigenvalue weighted by Gasteiger charge is 2.18. The first kappa shape index (κ1) is 23.8. The maximum atomic E-state index is 11.0. The summed E-state index contributed by atoms with van der Waals surface area (Å²) in [4.78, 5) is 15.3. The largest absolute Gasteiger partial charge is 0.494 e. The first-order valence-corrected chi connectivity index (χ1v) is 12.0. The SMILES string of the molecule is CCOc1ccc(-n2c(-c3ccccc3)cc(C=Nc3ccc([N+](=O)[O-])cc3)c2-c2ccccc2)cc1. The van der Waals surface area contributed by atoms with Gasteiger partial charge in [-0.05, 0) is 60.5 Å². The molecule has 0 N–H and O–H groups in total. The number of aromatic nitrogens is 1. The van der Waals surface area contributed by atoms with Crippen LogP contribution in [0.5, 0.6) is 5.75 Å². The molecule has 0 aliphatic carbocycles. The fourth-order valence-corrected chi connectivity index (χ4v) is 4.27. The molecule has 0 aliphatic heterocycles. The molecule has 0 saturated carbocycles. The molecular weight excluding hydrogens is 462 g/mol. The lowest BCUT2D eigenvalue weighted by atomic mass is 10.1. The van der Waals surface area contributed by atoms with Crippen LogP contribution in [0.2, 0.25) is 0 Å². The monoisotopic (exact) mass is 487 g/mol. The Morgan fingerprint density at radius 1 is 0.838 bits per heavy atom. The van der Waals surface area contributed by atoms with Gasteiger partial charge in [-0.3, -0.25) is 15.1 Å². The second-order valence-corrected chi connectivity index (χ2v) is 8.36. The van der Waals surface area contributed by atoms with E-state index in [1.165, 1.54) is 12.1 Å². The number of nitro groups is 1. The molecule has 0 bridgehead atoms. The molecule has 4 aromatic carbocycles. The number of hydrogen-bond donors (Lipinski definition) is 0. The molecule has 182 valence electrons. The van der Waals surface area contributed by atoms with Gasteiger partial charge in [0.25, 0.3) is 5.69 Å². The van der Waals surface area contributed by atoms with Crippen LogP contribution in [0.15, 0.2) is 120 Å². The van der Waals surface area contributed by atoms with Gasteiger partial charge in [0.2, 0.25) is 0 Å². The van der Waals surface area contributed by atoms with Crippen molar-refractivity contribution in [2.75, 3.05) is 6.61 Å². The van der Waals surface area contributed by atoms with Crippen LogP contribution >= 0.6 is 0 Å². The third-order valence-electron chi connectivity index (χ3n) is 5.97. The minimum Gasteiger partial charge on any atom is -0.494 e. The molecule has 0 spiro atoms. The van der Waals surface area contributed by atoms with Crippen molar-refractivity contribution in [3.63, 3.8) is 0 Å². The van der Waals surface area contributed by atoms with Gasteiger partial charge in [-0.2, -0.15) is 0 Å². The van der Waals surface area contributed by atoms with E-state index < -0.39 is 4.92 Å². The van der Waals surface area contributed by atoms with Gasteiger partial charge in [0.1, 0.15) is 5.75 Å². The first-order chi connectivity index (χ1) is 18.1. The lowest BCUT2D eigenvalue weighted by Gasteiger charge is -2.15. The summed E-state index contributed by atoms with van der Waals surface area (Å²) in [5.41, 5.74) is 6.74. The normalized spacial score (nSPS) is 11.1. The molecule has 0 aliphatic rings. The predicted octanol–water partition coefficient (Wildman–Crippen LogP) is 7.87. The number of aliphatic imine (C=N–C) groups is 1. The van der Waals surface area contributed by atoms with Gasteiger partial charge >= 0.3 is 0 Å². The van der Waals surface area contributed by atoms with E-state index in [0.717, 1.165) is 39.5 Å². The van der Waals surface area contributed by atoms with Gasteiger partial charge < -0.3 is 9.30 Å². The molecule has 6 heteroatoms. The van der Waals surface area contributed by atoms with Crippen molar-refractivity contribution in [1.82, 2.24) is 4.57 Å². The number of nitrogens with zero attached hydrogens (tertiary/aromatic N) is 3. The molecule has 0 fully saturated rings. The van der Waals surface area contributed by atoms with Crippen LogP contribution in [0.3, 0.4) is 0 Å². The van der Waals surface area contributed by atoms with Crippen molar-refractivity contribution >= 4 is 17.6 Å². The van der Waals surface area contributed by atoms with Crippen molar-refractivity contribution < 1.29 is 9.66 Å². The maximum Gasteiger partial charge on any atom is 0.269 e. The third kappa shape index (κ3) is 5.18. The molecule has 1 aromatic heterocycles. The van der Waals surface area contributed by atoms with Crippen molar-refractivity contribution in [2.45, 2.75) is 6.92 Å². The van der Waals surface area contributed by atoms with E-state index in [9.17, 15) is 10.1 Å². The predicted molar refractivity (Wildman–Crippen MR) is 148 cm³/mol. The standard InChI is InChI=1S/C31H25N3O3/c1-2-37-29-19-17-27(18-20-29)33-30(23-9-5-3-6-10-23)21-25(31(33)24-11-7-4-8-12-24)22-32-26-13-15-28(16-14-26)34(35)36/h3-22H,2H2,1H3. The highest BCUT2D eigenvalue weighted by Crippen LogP contribution is 2.36. The van der Waals surface area contributed by atoms with Crippen LogP contribution < -0.4 is 4.74 Å². The Hall–Kier alpha value is -4.97. The average Bonchev–Trinajstić information content (AvgIpc) is 3.33. The summed E-state index contributed by atoms with van der Waals surface area (Å²) in [5, 5.41) is 11.0. The van der Waals surface area contributed by atoms with Gasteiger partial charge in [-0.25, -0.2) is 0 Å². The molecule has 1 heterocycles. The molecule has 0 radical (unpaired) electrons. The number of nitro benzene ring substituents is 1. The number of rotatable bonds is 8. The molecule has 6 nitrogen and oxygen atoms in total. The Morgan fingerprint density at radius 3 is 2.05 bits per heavy atom. The number of benzene rings is 4. The molecule has 0 unspecified atom stereocenters. The second-order valence-electron chi connectivity index (χ2n) is 8.36. The molecule has 5 rings (SSSR count). The van der Waals surface area contributed by atoms with Crippen molar-refractivity contribution in [2.24, 2.45) is 4.99 Å². The van der Waals surface area contributed by atoms with E-state index in [2.05, 4.69) is 52.0 Å². The lowest BCUT2D eigenvalue weighted by molar-refractivity contribution is -0.384. The summed E-state index contributed by atoms with van der Waals surface area (Å²) in [6.07, 6.45) is 1.82. The van der Waals surface area contributed by atoms with Crippen molar-refractivity contribution in [3.8, 4) is 34.0 Å². The summed E-state index contributed by atoms with van der Waals surface area (Å²) in [6.45, 7) is 2.58. The summed E-state index contributed by atoms with van der Waals surface area (Å²) in [5.74, 6) is 0.820. The topological polar surface area (TPSA) is 69.7 Å². The van der Waals surface area contributed by atoms with Crippen LogP contribution in [0.25, 0.3) is 28.2 Å². The zero-order chi connectivity index (χ0) is 25.6. The molecule has 37 heavy (non-hydrogen) atoms. The minimum atomic E-state index is -0.413. The fraction of sp³-hybridized carbons (Fsp3) is 0.0645. The fourth-order valence-electron chi connectivity index (χ4n) is 4.27. The molecule has 0 amide bonds. The maximum absolute atomic E-state index is 11.0. The van der Waals surface area contributed by atoms with Crippen LogP contribution in [-0.2, 0) is 0 Å². The van der Waals surface area contributed by atoms with Gasteiger partial charge in [-0.1, -0.05) is 60.7 Å². The van der Waals surface area contributed by atoms with Gasteiger partial charge in [0.05, 0.1) is 28.6 Å². The molecule has 0 saturated heterocycles. The zero-order valence-corrected chi connectivity index (χ0v) is 20.3. The smallest absolute Gasteiger partial charge is 0.269 e. The Labute approximate surface area is 215 Å². The highest BCUT2D eigenvalue weighted by molar-refractivity contribution is 5.94. The van der Waals surface area contributed by atoms with Gasteiger partial charge in [0.15, 0.2) is 0 Å². The van der Waals surface area contributed by atoms with Gasteiger partial charge in [0, 0.05) is 29.6 Å². The third-order valence-corrected chi connectivity index (χ3v) is 5.97. The molecule has 0 atom stereocenters. The van der Waals surface area contributed by atoms with Crippen molar-refractivity contribution in [3.05, 3.63) is 131 Å². The van der Waals surface area contributed by atoms with Crippen LogP contribution in [0.1, 0.15) is 12.5 Å². The van der Waals surface area contributed by atoms with E-state index in [4.69, 9.17) is 4.74 Å². The molecule has 5 aromatic rings. The Morgan fingerprint density at radius 2 is 1.46 bits per heavy atom. The number of non-ortho nitro benzene ring substituents is 1. The Kier molecular flexibility index (Phi) is 6.90. The summed E-state index contributed by atoms with van der Waals surface area (Å²) in [7, 11) is 0. The average molecular weight is 488 g/mol. The Bertz CT molecular complexity index is 1520. The summed E-state index contributed by atoms with van der Waals surface area (Å²) < 4.78 is 7.90. The summed E-state index contributed by atoms with van der Waals surface area (Å²) >= 11 is 0. The summed E-state index contributed by atoms with van der Waals surface area (Å²) in [6, 6.07) is 36.9. The van der Waals surface area contributed by atoms with E-state index in [1.807, 2.05) is 61.7 Å². The van der Waals surface area contributed by atoms with Crippen LogP contribution in [0.4, 0.5) is 11.4 Å². The Balaban J connectivity index is 1.69. The van der Waals surface area contributed by atoms with E-state index in [-0.39, 0.29) is 5.69 Å². The number of hydrogen-bond acceptors (Lipinski definition) is 4. The van der Waals surface area contributed by atoms with E-state index >= 15 is 0 Å². The second kappa shape index (κ2) is 10.7. The van der Waals surface area contributed by atoms with Crippen LogP contribution in [-0.4, -0.2) is 22.3 Å². The highest BCUT2D eigenvalue weighted by atomic mass is 16.6. The zero-order valence-electron chi connectivity index (χ0n) is 20.3. The van der Waals surface area contributed by atoms with Crippen molar-refractivity contribution in [1.29, 1.82) is 0 Å². The molecular formula is C31H25N3O3. The first-order valence-electron chi connectivity index (χ1n) is 12.0.